The molecule has 0 bridgehead atoms. The van der Waals surface area contributed by atoms with Gasteiger partial charge in [0.25, 0.3) is 5.56 Å². The zero-order valence-corrected chi connectivity index (χ0v) is 18.8. The van der Waals surface area contributed by atoms with E-state index < -0.39 is 0 Å². The fourth-order valence-corrected chi connectivity index (χ4v) is 4.07. The summed E-state index contributed by atoms with van der Waals surface area (Å²) in [7, 11) is 0. The number of hydrogen-bond donors (Lipinski definition) is 2. The van der Waals surface area contributed by atoms with Gasteiger partial charge in [-0.3, -0.25) is 19.3 Å². The third-order valence-electron chi connectivity index (χ3n) is 5.07. The number of aromatic amines is 1. The van der Waals surface area contributed by atoms with Crippen LogP contribution < -0.4 is 15.6 Å². The number of rotatable bonds is 7. The minimum atomic E-state index is -0.259. The van der Waals surface area contributed by atoms with Crippen LogP contribution in [0.2, 0.25) is 0 Å². The summed E-state index contributed by atoms with van der Waals surface area (Å²) in [6.07, 6.45) is 1.46. The quantitative estimate of drug-likeness (QED) is 0.328. The van der Waals surface area contributed by atoms with Crippen LogP contribution in [0.15, 0.2) is 58.6 Å². The number of anilines is 1. The van der Waals surface area contributed by atoms with Gasteiger partial charge in [0.1, 0.15) is 11.1 Å². The van der Waals surface area contributed by atoms with E-state index in [-0.39, 0.29) is 17.2 Å². The van der Waals surface area contributed by atoms with Crippen molar-refractivity contribution in [3.05, 3.63) is 70.1 Å². The van der Waals surface area contributed by atoms with Gasteiger partial charge in [-0.25, -0.2) is 4.98 Å². The monoisotopic (exact) mass is 449 g/mol. The smallest absolute Gasteiger partial charge is 0.269 e. The van der Waals surface area contributed by atoms with Crippen molar-refractivity contribution in [2.75, 3.05) is 17.7 Å². The van der Waals surface area contributed by atoms with Crippen LogP contribution in [-0.4, -0.2) is 38.0 Å². The van der Waals surface area contributed by atoms with E-state index in [1.807, 2.05) is 39.0 Å². The maximum atomic E-state index is 13.2. The summed E-state index contributed by atoms with van der Waals surface area (Å²) in [6, 6.07) is 13.0. The van der Waals surface area contributed by atoms with Crippen molar-refractivity contribution >= 4 is 34.4 Å². The molecule has 0 unspecified atom stereocenters. The van der Waals surface area contributed by atoms with E-state index in [1.54, 1.807) is 24.3 Å². The molecule has 1 amide bonds. The number of nitrogens with one attached hydrogen (secondary N) is 2. The first-order valence-electron chi connectivity index (χ1n) is 10.2. The fraction of sp³-hybridized carbons (Fsp3) is 0.217. The van der Waals surface area contributed by atoms with E-state index >= 15 is 0 Å². The van der Waals surface area contributed by atoms with Crippen molar-refractivity contribution in [2.24, 2.45) is 0 Å². The minimum absolute atomic E-state index is 0.0937. The van der Waals surface area contributed by atoms with Crippen LogP contribution in [0.25, 0.3) is 16.7 Å². The second-order valence-electron chi connectivity index (χ2n) is 7.18. The number of aromatic nitrogens is 4. The Morgan fingerprint density at radius 1 is 1.19 bits per heavy atom. The van der Waals surface area contributed by atoms with Crippen LogP contribution in [-0.2, 0) is 4.79 Å². The summed E-state index contributed by atoms with van der Waals surface area (Å²) < 4.78 is 6.98. The summed E-state index contributed by atoms with van der Waals surface area (Å²) in [4.78, 5) is 30.3. The molecule has 0 aliphatic carbocycles. The lowest BCUT2D eigenvalue weighted by Gasteiger charge is -2.13. The maximum absolute atomic E-state index is 13.2. The molecule has 2 N–H and O–H groups in total. The van der Waals surface area contributed by atoms with Crippen LogP contribution in [0.1, 0.15) is 18.1 Å². The molecule has 164 valence electrons. The molecule has 0 atom stereocenters. The van der Waals surface area contributed by atoms with Gasteiger partial charge < -0.3 is 10.1 Å². The maximum Gasteiger partial charge on any atom is 0.269 e. The van der Waals surface area contributed by atoms with E-state index in [2.05, 4.69) is 20.5 Å². The van der Waals surface area contributed by atoms with Gasteiger partial charge in [-0.1, -0.05) is 23.9 Å². The second-order valence-corrected chi connectivity index (χ2v) is 8.12. The molecule has 2 heterocycles. The number of nitrogens with zero attached hydrogens (tertiary/aromatic N) is 3. The van der Waals surface area contributed by atoms with E-state index in [4.69, 9.17) is 4.74 Å². The van der Waals surface area contributed by atoms with Crippen LogP contribution in [0, 0.1) is 13.8 Å². The van der Waals surface area contributed by atoms with Crippen molar-refractivity contribution in [1.29, 1.82) is 0 Å². The van der Waals surface area contributed by atoms with Gasteiger partial charge in [0.15, 0.2) is 10.8 Å². The Labute approximate surface area is 189 Å². The number of benzene rings is 2. The number of amides is 1. The molecule has 0 aliphatic heterocycles. The zero-order chi connectivity index (χ0) is 22.7. The van der Waals surface area contributed by atoms with Gasteiger partial charge in [-0.15, -0.1) is 0 Å². The largest absolute Gasteiger partial charge is 0.494 e. The molecule has 4 rings (SSSR count). The van der Waals surface area contributed by atoms with E-state index in [1.165, 1.54) is 22.5 Å². The van der Waals surface area contributed by atoms with Crippen molar-refractivity contribution in [1.82, 2.24) is 19.7 Å². The Bertz CT molecular complexity index is 1330. The molecule has 32 heavy (non-hydrogen) atoms. The third-order valence-corrected chi connectivity index (χ3v) is 6.01. The predicted octanol–water partition coefficient (Wildman–Crippen LogP) is 3.86. The summed E-state index contributed by atoms with van der Waals surface area (Å²) >= 11 is 1.19. The highest BCUT2D eigenvalue weighted by molar-refractivity contribution is 7.99. The minimum Gasteiger partial charge on any atom is -0.494 e. The lowest BCUT2D eigenvalue weighted by Crippen LogP contribution is -2.22. The Balaban J connectivity index is 1.63. The molecule has 0 aliphatic rings. The Kier molecular flexibility index (Phi) is 6.27. The van der Waals surface area contributed by atoms with Crippen LogP contribution in [0.4, 0.5) is 5.69 Å². The topological polar surface area (TPSA) is 102 Å². The lowest BCUT2D eigenvalue weighted by atomic mass is 10.1. The molecule has 4 aromatic rings. The molecule has 0 saturated heterocycles. The van der Waals surface area contributed by atoms with Crippen molar-refractivity contribution in [3.8, 4) is 11.4 Å². The third kappa shape index (κ3) is 4.38. The van der Waals surface area contributed by atoms with Gasteiger partial charge in [0, 0.05) is 5.69 Å². The summed E-state index contributed by atoms with van der Waals surface area (Å²) in [5.74, 6) is 0.626. The molecular formula is C23H23N5O3S. The Morgan fingerprint density at radius 3 is 2.72 bits per heavy atom. The van der Waals surface area contributed by atoms with Crippen LogP contribution in [0.3, 0.4) is 0 Å². The van der Waals surface area contributed by atoms with E-state index in [0.717, 1.165) is 16.8 Å². The Morgan fingerprint density at radius 2 is 1.97 bits per heavy atom. The van der Waals surface area contributed by atoms with Gasteiger partial charge in [0.2, 0.25) is 5.91 Å². The number of ether oxygens (including phenoxy) is 1. The molecule has 0 radical (unpaired) electrons. The molecule has 9 heteroatoms. The van der Waals surface area contributed by atoms with Gasteiger partial charge in [-0.2, -0.15) is 5.10 Å². The van der Waals surface area contributed by atoms with E-state index in [0.29, 0.717) is 34.2 Å². The number of carbonyl (C=O) groups excluding carboxylic acids is 1. The first kappa shape index (κ1) is 21.6. The number of aryl methyl sites for hydroxylation is 1. The van der Waals surface area contributed by atoms with Crippen molar-refractivity contribution < 1.29 is 9.53 Å². The number of fused-ring (bicyclic) bond motifs is 1. The number of thioether (sulfide) groups is 1. The normalized spacial score (nSPS) is 11.0. The standard InChI is InChI=1S/C23H23N5O3S/c1-4-31-17-10-8-16(9-11-17)28-22(30)18-12-24-27-21(18)26-23(28)32-13-20(29)25-19-7-5-6-14(2)15(19)3/h5-12H,4,13H2,1-3H3,(H,24,27)(H,25,29). The fourth-order valence-electron chi connectivity index (χ4n) is 3.26. The van der Waals surface area contributed by atoms with Crippen LogP contribution >= 0.6 is 11.8 Å². The molecule has 8 nitrogen and oxygen atoms in total. The van der Waals surface area contributed by atoms with Gasteiger partial charge >= 0.3 is 0 Å². The number of hydrogen-bond acceptors (Lipinski definition) is 6. The average molecular weight is 450 g/mol. The van der Waals surface area contributed by atoms with Crippen molar-refractivity contribution in [2.45, 2.75) is 25.9 Å². The molecule has 2 aromatic carbocycles. The summed E-state index contributed by atoms with van der Waals surface area (Å²) in [5, 5.41) is 10.4. The van der Waals surface area contributed by atoms with Crippen LogP contribution in [0.5, 0.6) is 5.75 Å². The first-order valence-corrected chi connectivity index (χ1v) is 11.1. The number of carbonyl (C=O) groups is 1. The average Bonchev–Trinajstić information content (AvgIpc) is 3.26. The number of H-pyrrole nitrogens is 1. The highest BCUT2D eigenvalue weighted by Gasteiger charge is 2.16. The van der Waals surface area contributed by atoms with E-state index in [9.17, 15) is 9.59 Å². The van der Waals surface area contributed by atoms with Gasteiger partial charge in [0.05, 0.1) is 24.2 Å². The van der Waals surface area contributed by atoms with Gasteiger partial charge in [-0.05, 0) is 62.2 Å². The zero-order valence-electron chi connectivity index (χ0n) is 18.0. The first-order chi connectivity index (χ1) is 15.5. The highest BCUT2D eigenvalue weighted by Crippen LogP contribution is 2.23. The Hall–Kier alpha value is -3.59. The molecule has 2 aromatic heterocycles. The molecule has 0 saturated carbocycles. The second kappa shape index (κ2) is 9.27. The van der Waals surface area contributed by atoms with Crippen molar-refractivity contribution in [3.63, 3.8) is 0 Å². The predicted molar refractivity (Wildman–Crippen MR) is 126 cm³/mol. The molecular weight excluding hydrogens is 426 g/mol. The lowest BCUT2D eigenvalue weighted by molar-refractivity contribution is -0.113. The molecule has 0 spiro atoms. The summed E-state index contributed by atoms with van der Waals surface area (Å²) in [6.45, 7) is 6.43. The highest BCUT2D eigenvalue weighted by atomic mass is 32.2. The SMILES string of the molecule is CCOc1ccc(-n2c(SCC(=O)Nc3cccc(C)c3C)nc3[nH]ncc3c2=O)cc1. The summed E-state index contributed by atoms with van der Waals surface area (Å²) in [5.41, 5.74) is 3.66. The molecule has 0 fully saturated rings.